The normalized spacial score (nSPS) is 16.3. The summed E-state index contributed by atoms with van der Waals surface area (Å²) in [5, 5.41) is 7.24. The van der Waals surface area contributed by atoms with E-state index < -0.39 is 5.82 Å². The van der Waals surface area contributed by atoms with Crippen molar-refractivity contribution in [3.05, 3.63) is 52.1 Å². The fourth-order valence-corrected chi connectivity index (χ4v) is 6.73. The van der Waals surface area contributed by atoms with Crippen LogP contribution in [0.15, 0.2) is 45.8 Å². The minimum atomic E-state index is -0.404. The number of nitrogen functional groups attached to an aromatic ring is 1. The topological polar surface area (TPSA) is 162 Å². The summed E-state index contributed by atoms with van der Waals surface area (Å²) in [5.41, 5.74) is 7.61. The number of hydrogen-bond donors (Lipinski definition) is 2. The van der Waals surface area contributed by atoms with Crippen LogP contribution in [0.5, 0.6) is 5.75 Å². The zero-order valence-electron chi connectivity index (χ0n) is 25.6. The summed E-state index contributed by atoms with van der Waals surface area (Å²) in [6, 6.07) is 8.18. The lowest BCUT2D eigenvalue weighted by molar-refractivity contribution is -0.123. The number of furan rings is 1. The Labute approximate surface area is 272 Å². The molecule has 0 aliphatic carbocycles. The first kappa shape index (κ1) is 31.0. The molecule has 2 fully saturated rings. The van der Waals surface area contributed by atoms with Gasteiger partial charge in [0.2, 0.25) is 11.8 Å². The molecule has 2 aliphatic rings. The molecule has 3 N–H and O–H groups in total. The van der Waals surface area contributed by atoms with Crippen LogP contribution in [0.4, 0.5) is 16.0 Å². The van der Waals surface area contributed by atoms with Crippen LogP contribution in [0, 0.1) is 5.82 Å². The van der Waals surface area contributed by atoms with Crippen LogP contribution in [0.3, 0.4) is 0 Å². The summed E-state index contributed by atoms with van der Waals surface area (Å²) in [7, 11) is 0. The third-order valence-electron chi connectivity index (χ3n) is 8.35. The number of benzene rings is 1. The van der Waals surface area contributed by atoms with Crippen LogP contribution in [0.25, 0.3) is 27.6 Å². The van der Waals surface area contributed by atoms with Gasteiger partial charge in [0.15, 0.2) is 23.7 Å². The lowest BCUT2D eigenvalue weighted by Gasteiger charge is -2.36. The highest BCUT2D eigenvalue weighted by atomic mass is 32.1. The molecule has 17 heteroatoms. The molecule has 1 aromatic carbocycles. The Morgan fingerprint density at radius 1 is 1.02 bits per heavy atom. The number of rotatable bonds is 11. The van der Waals surface area contributed by atoms with Crippen LogP contribution in [0.1, 0.15) is 0 Å². The predicted molar refractivity (Wildman–Crippen MR) is 173 cm³/mol. The molecule has 2 aliphatic heterocycles. The van der Waals surface area contributed by atoms with E-state index in [1.807, 2.05) is 4.90 Å². The van der Waals surface area contributed by atoms with Gasteiger partial charge in [-0.05, 0) is 24.3 Å². The first-order valence-corrected chi connectivity index (χ1v) is 16.3. The van der Waals surface area contributed by atoms with Crippen molar-refractivity contribution in [1.29, 1.82) is 0 Å². The molecule has 4 aromatic heterocycles. The molecule has 248 valence electrons. The van der Waals surface area contributed by atoms with Crippen molar-refractivity contribution < 1.29 is 23.1 Å². The number of nitrogens with one attached hydrogen (secondary N) is 1. The average molecular weight is 667 g/mol. The number of nitrogens with two attached hydrogens (primary N) is 1. The summed E-state index contributed by atoms with van der Waals surface area (Å²) in [6.45, 7) is 7.87. The van der Waals surface area contributed by atoms with E-state index in [1.54, 1.807) is 28.8 Å². The Morgan fingerprint density at radius 3 is 2.60 bits per heavy atom. The number of hydrogen-bond acceptors (Lipinski definition) is 13. The molecule has 0 radical (unpaired) electrons. The minimum absolute atomic E-state index is 0.124. The highest BCUT2D eigenvalue weighted by molar-refractivity contribution is 7.17. The van der Waals surface area contributed by atoms with Crippen LogP contribution in [0.2, 0.25) is 0 Å². The Morgan fingerprint density at radius 2 is 1.83 bits per heavy atom. The molecule has 6 heterocycles. The molecule has 7 rings (SSSR count). The number of piperazine rings is 1. The molecule has 15 nitrogen and oxygen atoms in total. The van der Waals surface area contributed by atoms with E-state index in [9.17, 15) is 9.59 Å². The number of anilines is 2. The monoisotopic (exact) mass is 666 g/mol. The quantitative estimate of drug-likeness (QED) is 0.207. The number of amides is 1. The maximum Gasteiger partial charge on any atom is 0.309 e. The zero-order chi connectivity index (χ0) is 32.3. The van der Waals surface area contributed by atoms with Gasteiger partial charge >= 0.3 is 4.87 Å². The number of thiazole rings is 1. The fourth-order valence-electron chi connectivity index (χ4n) is 5.80. The number of carbonyl (C=O) groups is 1. The van der Waals surface area contributed by atoms with Crippen molar-refractivity contribution in [2.24, 2.45) is 0 Å². The summed E-state index contributed by atoms with van der Waals surface area (Å²) < 4.78 is 35.0. The maximum atomic E-state index is 15.1. The predicted octanol–water partition coefficient (Wildman–Crippen LogP) is 1.13. The lowest BCUT2D eigenvalue weighted by atomic mass is 10.2. The van der Waals surface area contributed by atoms with Gasteiger partial charge < -0.3 is 29.8 Å². The van der Waals surface area contributed by atoms with E-state index in [0.29, 0.717) is 98.0 Å². The van der Waals surface area contributed by atoms with Crippen molar-refractivity contribution in [3.8, 4) is 17.3 Å². The van der Waals surface area contributed by atoms with E-state index in [0.717, 1.165) is 31.0 Å². The molecule has 0 unspecified atom stereocenters. The molecular formula is C30H35FN10O5S. The second-order valence-electron chi connectivity index (χ2n) is 11.3. The summed E-state index contributed by atoms with van der Waals surface area (Å²) in [6.07, 6.45) is 1.54. The van der Waals surface area contributed by atoms with Gasteiger partial charge in [-0.3, -0.25) is 24.0 Å². The first-order valence-electron chi connectivity index (χ1n) is 15.5. The Hall–Kier alpha value is -4.58. The van der Waals surface area contributed by atoms with Gasteiger partial charge in [0.05, 0.1) is 25.2 Å². The van der Waals surface area contributed by atoms with Gasteiger partial charge in [-0.1, -0.05) is 11.3 Å². The Kier molecular flexibility index (Phi) is 9.01. The number of nitrogens with zero attached hydrogens (tertiary/aromatic N) is 8. The standard InChI is InChI=1S/C30H35FN10O5S/c31-21-18-20(46-19-24(42)33-5-6-37-13-16-44-17-14-37)3-4-22(21)39-10-7-38(8-11-39)9-12-40-27-25(47-30(40)43)28-34-26(23-2-1-15-45-23)36-41(28)29(32)35-27/h1-4,15,18H,5-14,16-17,19H2,(H2,32,35)(H,33,42). The fraction of sp³-hybridized carbons (Fsp3) is 0.433. The molecule has 47 heavy (non-hydrogen) atoms. The van der Waals surface area contributed by atoms with Crippen LogP contribution in [-0.4, -0.2) is 119 Å². The van der Waals surface area contributed by atoms with Gasteiger partial charge in [0.25, 0.3) is 5.91 Å². The number of halogens is 1. The van der Waals surface area contributed by atoms with Crippen molar-refractivity contribution >= 4 is 44.9 Å². The number of ether oxygens (including phenoxy) is 2. The molecule has 0 atom stereocenters. The minimum Gasteiger partial charge on any atom is -0.484 e. The average Bonchev–Trinajstić information content (AvgIpc) is 3.84. The van der Waals surface area contributed by atoms with E-state index in [2.05, 4.69) is 30.2 Å². The van der Waals surface area contributed by atoms with Gasteiger partial charge in [-0.15, -0.1) is 5.10 Å². The van der Waals surface area contributed by atoms with Crippen LogP contribution < -0.4 is 25.6 Å². The third-order valence-corrected chi connectivity index (χ3v) is 9.32. The molecule has 0 saturated carbocycles. The Bertz CT molecular complexity index is 1910. The molecule has 5 aromatic rings. The maximum absolute atomic E-state index is 15.1. The molecule has 0 spiro atoms. The molecule has 0 bridgehead atoms. The number of morpholine rings is 1. The van der Waals surface area contributed by atoms with E-state index in [-0.39, 0.29) is 23.3 Å². The molecular weight excluding hydrogens is 631 g/mol. The van der Waals surface area contributed by atoms with E-state index in [4.69, 9.17) is 19.6 Å². The van der Waals surface area contributed by atoms with E-state index >= 15 is 4.39 Å². The van der Waals surface area contributed by atoms with Gasteiger partial charge in [0, 0.05) is 71.5 Å². The SMILES string of the molecule is Nc1nc2c(sc(=O)n2CCN2CCN(c3ccc(OCC(=O)NCCN4CCOCC4)cc3F)CC2)c2nc(-c3ccco3)nn12. The molecule has 2 saturated heterocycles. The van der Waals surface area contributed by atoms with Crippen molar-refractivity contribution in [1.82, 2.24) is 39.3 Å². The summed E-state index contributed by atoms with van der Waals surface area (Å²) in [5.74, 6) is 0.626. The molecule has 1 amide bonds. The van der Waals surface area contributed by atoms with Crippen LogP contribution >= 0.6 is 11.3 Å². The van der Waals surface area contributed by atoms with E-state index in [1.165, 1.54) is 16.8 Å². The number of carbonyl (C=O) groups excluding carboxylic acids is 1. The smallest absolute Gasteiger partial charge is 0.309 e. The highest BCUT2D eigenvalue weighted by Crippen LogP contribution is 2.27. The van der Waals surface area contributed by atoms with Gasteiger partial charge in [0.1, 0.15) is 16.3 Å². The van der Waals surface area contributed by atoms with Gasteiger partial charge in [-0.25, -0.2) is 9.37 Å². The van der Waals surface area contributed by atoms with Crippen molar-refractivity contribution in [3.63, 3.8) is 0 Å². The summed E-state index contributed by atoms with van der Waals surface area (Å²) in [4.78, 5) is 40.5. The summed E-state index contributed by atoms with van der Waals surface area (Å²) >= 11 is 1.06. The highest BCUT2D eigenvalue weighted by Gasteiger charge is 2.23. The second-order valence-corrected chi connectivity index (χ2v) is 12.3. The first-order chi connectivity index (χ1) is 22.9. The number of fused-ring (bicyclic) bond motifs is 3. The number of aromatic nitrogens is 5. The second kappa shape index (κ2) is 13.6. The van der Waals surface area contributed by atoms with Gasteiger partial charge in [-0.2, -0.15) is 9.50 Å². The largest absolute Gasteiger partial charge is 0.484 e. The zero-order valence-corrected chi connectivity index (χ0v) is 26.5. The van der Waals surface area contributed by atoms with Crippen molar-refractivity contribution in [2.45, 2.75) is 6.54 Å². The Balaban J connectivity index is 0.910. The van der Waals surface area contributed by atoms with Crippen molar-refractivity contribution in [2.75, 3.05) is 89.4 Å². The van der Waals surface area contributed by atoms with Crippen LogP contribution in [-0.2, 0) is 16.1 Å². The lowest BCUT2D eigenvalue weighted by Crippen LogP contribution is -2.47. The third kappa shape index (κ3) is 6.78.